The Morgan fingerprint density at radius 2 is 1.41 bits per heavy atom. The van der Waals surface area contributed by atoms with Crippen LogP contribution in [0, 0.1) is 0 Å². The van der Waals surface area contributed by atoms with E-state index in [2.05, 4.69) is 5.32 Å². The van der Waals surface area contributed by atoms with Crippen LogP contribution in [0.5, 0.6) is 5.75 Å². The third-order valence-corrected chi connectivity index (χ3v) is 4.29. The molecule has 0 aliphatic carbocycles. The molecular weight excluding hydrogens is 419 g/mol. The zero-order valence-electron chi connectivity index (χ0n) is 16.6. The molecule has 0 bridgehead atoms. The molecule has 2 aromatic rings. The van der Waals surface area contributed by atoms with Crippen LogP contribution >= 0.6 is 23.2 Å². The van der Waals surface area contributed by atoms with Crippen molar-refractivity contribution in [2.75, 3.05) is 5.32 Å². The van der Waals surface area contributed by atoms with Crippen LogP contribution in [0.1, 0.15) is 27.7 Å². The van der Waals surface area contributed by atoms with Crippen LogP contribution in [0.25, 0.3) is 0 Å². The average molecular weight is 445 g/mol. The minimum Gasteiger partial charge on any atom is -0.424 e. The molecule has 3 atom stereocenters. The molecule has 7 nitrogen and oxygen atoms in total. The molecule has 0 aliphatic rings. The maximum Gasteiger partial charge on any atom is 0.308 e. The van der Waals surface area contributed by atoms with Gasteiger partial charge in [-0.2, -0.15) is 0 Å². The second kappa shape index (κ2) is 12.0. The number of hydrogen-bond acceptors (Lipinski definition) is 7. The van der Waals surface area contributed by atoms with E-state index in [4.69, 9.17) is 43.3 Å². The standard InChI is InChI=1S/C14H11Cl2NO2.C6H15NO3/c1-9(18)19-13-8-3-2-7-12(13)17-14-10(15)5-4-6-11(14)16;1-4(8)7(5(2)9)6(3)10/h2-8,17H,1H3;4-6,8-10H,1-3H3. The molecule has 0 radical (unpaired) electrons. The molecule has 9 heteroatoms. The summed E-state index contributed by atoms with van der Waals surface area (Å²) in [4.78, 5) is 12.2. The normalized spacial score (nSPS) is 13.7. The van der Waals surface area contributed by atoms with Crippen molar-refractivity contribution in [3.05, 3.63) is 52.5 Å². The number of nitrogens with one attached hydrogen (secondary N) is 1. The first-order valence-electron chi connectivity index (χ1n) is 8.84. The first-order valence-corrected chi connectivity index (χ1v) is 9.60. The minimum atomic E-state index is -0.833. The van der Waals surface area contributed by atoms with Crippen LogP contribution < -0.4 is 10.1 Å². The maximum absolute atomic E-state index is 11.0. The molecule has 29 heavy (non-hydrogen) atoms. The second-order valence-electron chi connectivity index (χ2n) is 6.15. The zero-order chi connectivity index (χ0) is 22.1. The molecule has 2 aromatic carbocycles. The van der Waals surface area contributed by atoms with E-state index in [1.165, 1.54) is 32.6 Å². The van der Waals surface area contributed by atoms with Crippen LogP contribution in [0.2, 0.25) is 10.0 Å². The van der Waals surface area contributed by atoms with E-state index in [0.29, 0.717) is 27.2 Å². The fourth-order valence-corrected chi connectivity index (χ4v) is 2.99. The highest BCUT2D eigenvalue weighted by molar-refractivity contribution is 6.39. The Labute approximate surface area is 180 Å². The molecule has 0 fully saturated rings. The van der Waals surface area contributed by atoms with Gasteiger partial charge in [0.1, 0.15) is 18.7 Å². The van der Waals surface area contributed by atoms with E-state index >= 15 is 0 Å². The molecule has 0 heterocycles. The molecular formula is C20H26Cl2N2O5. The number of rotatable bonds is 6. The van der Waals surface area contributed by atoms with E-state index < -0.39 is 18.7 Å². The first kappa shape index (κ1) is 25.2. The summed E-state index contributed by atoms with van der Waals surface area (Å²) in [7, 11) is 0. The van der Waals surface area contributed by atoms with Gasteiger partial charge in [0, 0.05) is 6.92 Å². The molecule has 0 spiro atoms. The smallest absolute Gasteiger partial charge is 0.308 e. The van der Waals surface area contributed by atoms with Crippen LogP contribution in [0.3, 0.4) is 0 Å². The van der Waals surface area contributed by atoms with Gasteiger partial charge in [-0.15, -0.1) is 0 Å². The van der Waals surface area contributed by atoms with Crippen molar-refractivity contribution in [1.82, 2.24) is 4.90 Å². The highest BCUT2D eigenvalue weighted by atomic mass is 35.5. The van der Waals surface area contributed by atoms with Crippen LogP contribution in [-0.2, 0) is 4.79 Å². The maximum atomic E-state index is 11.0. The summed E-state index contributed by atoms with van der Waals surface area (Å²) in [6, 6.07) is 12.3. The summed E-state index contributed by atoms with van der Waals surface area (Å²) in [5.74, 6) is 0.0329. The fourth-order valence-electron chi connectivity index (χ4n) is 2.50. The molecule has 4 N–H and O–H groups in total. The zero-order valence-corrected chi connectivity index (χ0v) is 18.1. The quantitative estimate of drug-likeness (QED) is 0.303. The summed E-state index contributed by atoms with van der Waals surface area (Å²) in [5.41, 5.74) is 1.19. The number of esters is 1. The summed E-state index contributed by atoms with van der Waals surface area (Å²) in [6.07, 6.45) is -2.50. The SMILES string of the molecule is CC(=O)Oc1ccccc1Nc1c(Cl)cccc1Cl.CC(O)N(C(C)O)C(C)O. The molecule has 0 saturated heterocycles. The van der Waals surface area contributed by atoms with Gasteiger partial charge in [-0.1, -0.05) is 41.4 Å². The number of aliphatic hydroxyl groups is 3. The number of para-hydroxylation sites is 3. The molecule has 0 aromatic heterocycles. The van der Waals surface area contributed by atoms with E-state index in [1.54, 1.807) is 36.4 Å². The number of anilines is 2. The Balaban J connectivity index is 0.000000359. The number of nitrogens with zero attached hydrogens (tertiary/aromatic N) is 1. The van der Waals surface area contributed by atoms with E-state index in [1.807, 2.05) is 6.07 Å². The van der Waals surface area contributed by atoms with Crippen molar-refractivity contribution < 1.29 is 24.9 Å². The third-order valence-electron chi connectivity index (χ3n) is 3.66. The Morgan fingerprint density at radius 3 is 1.83 bits per heavy atom. The lowest BCUT2D eigenvalue weighted by molar-refractivity contribution is -0.159. The Kier molecular flexibility index (Phi) is 10.4. The Morgan fingerprint density at radius 1 is 0.931 bits per heavy atom. The van der Waals surface area contributed by atoms with E-state index in [-0.39, 0.29) is 5.97 Å². The van der Waals surface area contributed by atoms with E-state index in [0.717, 1.165) is 0 Å². The topological polar surface area (TPSA) is 102 Å². The van der Waals surface area contributed by atoms with Crippen molar-refractivity contribution in [2.24, 2.45) is 0 Å². The molecule has 160 valence electrons. The van der Waals surface area contributed by atoms with Crippen molar-refractivity contribution in [2.45, 2.75) is 46.4 Å². The van der Waals surface area contributed by atoms with Gasteiger partial charge in [0.2, 0.25) is 0 Å². The van der Waals surface area contributed by atoms with Gasteiger partial charge in [-0.25, -0.2) is 4.90 Å². The van der Waals surface area contributed by atoms with Crippen LogP contribution in [0.4, 0.5) is 11.4 Å². The fraction of sp³-hybridized carbons (Fsp3) is 0.350. The van der Waals surface area contributed by atoms with Gasteiger partial charge in [-0.3, -0.25) is 4.79 Å². The summed E-state index contributed by atoms with van der Waals surface area (Å²) in [6.45, 7) is 5.80. The van der Waals surface area contributed by atoms with Crippen LogP contribution in [0.15, 0.2) is 42.5 Å². The highest BCUT2D eigenvalue weighted by Crippen LogP contribution is 2.35. The Hall–Kier alpha value is -1.87. The molecule has 0 aliphatic heterocycles. The third kappa shape index (κ3) is 8.18. The number of carbonyl (C=O) groups excluding carboxylic acids is 1. The van der Waals surface area contributed by atoms with Crippen molar-refractivity contribution in [3.8, 4) is 5.75 Å². The first-order chi connectivity index (χ1) is 13.5. The number of carbonyl (C=O) groups is 1. The number of benzene rings is 2. The number of ether oxygens (including phenoxy) is 1. The summed E-state index contributed by atoms with van der Waals surface area (Å²) >= 11 is 12.2. The van der Waals surface area contributed by atoms with Gasteiger partial charge in [0.05, 0.1) is 21.4 Å². The largest absolute Gasteiger partial charge is 0.424 e. The van der Waals surface area contributed by atoms with Gasteiger partial charge in [0.25, 0.3) is 0 Å². The lowest BCUT2D eigenvalue weighted by Crippen LogP contribution is -2.45. The van der Waals surface area contributed by atoms with E-state index in [9.17, 15) is 4.79 Å². The second-order valence-corrected chi connectivity index (χ2v) is 6.97. The number of hydrogen-bond donors (Lipinski definition) is 4. The van der Waals surface area contributed by atoms with Gasteiger partial charge < -0.3 is 25.4 Å². The Bertz CT molecular complexity index is 761. The predicted octanol–water partition coefficient (Wildman–Crippen LogP) is 3.97. The van der Waals surface area contributed by atoms with Gasteiger partial charge in [-0.05, 0) is 45.0 Å². The van der Waals surface area contributed by atoms with Crippen molar-refractivity contribution >= 4 is 40.5 Å². The lowest BCUT2D eigenvalue weighted by atomic mass is 10.2. The minimum absolute atomic E-state index is 0.389. The highest BCUT2D eigenvalue weighted by Gasteiger charge is 2.20. The number of halogens is 2. The monoisotopic (exact) mass is 444 g/mol. The van der Waals surface area contributed by atoms with Crippen molar-refractivity contribution in [3.63, 3.8) is 0 Å². The lowest BCUT2D eigenvalue weighted by Gasteiger charge is -2.30. The predicted molar refractivity (Wildman–Crippen MR) is 114 cm³/mol. The summed E-state index contributed by atoms with van der Waals surface area (Å²) in [5, 5.41) is 30.9. The van der Waals surface area contributed by atoms with Gasteiger partial charge >= 0.3 is 5.97 Å². The average Bonchev–Trinajstić information content (AvgIpc) is 2.58. The van der Waals surface area contributed by atoms with Crippen LogP contribution in [-0.4, -0.2) is 44.9 Å². The van der Waals surface area contributed by atoms with Gasteiger partial charge in [0.15, 0.2) is 5.75 Å². The molecule has 0 amide bonds. The molecule has 2 rings (SSSR count). The van der Waals surface area contributed by atoms with Crippen molar-refractivity contribution in [1.29, 1.82) is 0 Å². The number of aliphatic hydroxyl groups excluding tert-OH is 3. The summed E-state index contributed by atoms with van der Waals surface area (Å²) < 4.78 is 5.11. The molecule has 3 unspecified atom stereocenters. The molecule has 0 saturated carbocycles.